The molecule has 5 rings (SSSR count). The molecule has 1 saturated heterocycles. The molecular weight excluding hydrogens is 366 g/mol. The molecule has 1 aromatic carbocycles. The Morgan fingerprint density at radius 2 is 1.93 bits per heavy atom. The Morgan fingerprint density at radius 1 is 1.10 bits per heavy atom. The van der Waals surface area contributed by atoms with Crippen LogP contribution in [0.15, 0.2) is 54.9 Å². The van der Waals surface area contributed by atoms with Gasteiger partial charge in [0.25, 0.3) is 5.91 Å². The second kappa shape index (κ2) is 7.63. The Balaban J connectivity index is 1.07. The maximum Gasteiger partial charge on any atom is 0.273 e. The van der Waals surface area contributed by atoms with Crippen molar-refractivity contribution in [2.45, 2.75) is 31.5 Å². The number of likely N-dealkylation sites (tertiary alicyclic amines) is 1. The molecule has 3 heterocycles. The number of anilines is 2. The minimum absolute atomic E-state index is 0.139. The molecule has 148 valence electrons. The summed E-state index contributed by atoms with van der Waals surface area (Å²) < 4.78 is 1.80. The molecule has 2 aromatic heterocycles. The molecule has 1 saturated carbocycles. The van der Waals surface area contributed by atoms with Crippen molar-refractivity contribution in [3.63, 3.8) is 0 Å². The maximum atomic E-state index is 12.3. The first-order valence-electron chi connectivity index (χ1n) is 9.95. The maximum absolute atomic E-state index is 12.3. The molecular formula is C21H23N7O. The average Bonchev–Trinajstić information content (AvgIpc) is 3.45. The van der Waals surface area contributed by atoms with Crippen molar-refractivity contribution in [2.75, 3.05) is 18.4 Å². The SMILES string of the molecule is O=C(NC1CN(Cc2ccc(Nc3ccccc3)nc2)C1)c1cn(C2CC2)nn1. The number of aromatic nitrogens is 4. The van der Waals surface area contributed by atoms with Gasteiger partial charge in [-0.3, -0.25) is 9.69 Å². The fourth-order valence-electron chi connectivity index (χ4n) is 3.47. The van der Waals surface area contributed by atoms with Crippen LogP contribution in [0.4, 0.5) is 11.5 Å². The summed E-state index contributed by atoms with van der Waals surface area (Å²) >= 11 is 0. The Kier molecular flexibility index (Phi) is 4.69. The van der Waals surface area contributed by atoms with Crippen molar-refractivity contribution in [1.29, 1.82) is 0 Å². The normalized spacial score (nSPS) is 17.0. The first kappa shape index (κ1) is 17.8. The highest BCUT2D eigenvalue weighted by Crippen LogP contribution is 2.33. The number of nitrogens with zero attached hydrogens (tertiary/aromatic N) is 5. The lowest BCUT2D eigenvalue weighted by Crippen LogP contribution is -2.58. The molecule has 1 aliphatic heterocycles. The number of pyridine rings is 1. The highest BCUT2D eigenvalue weighted by molar-refractivity contribution is 5.92. The molecule has 0 spiro atoms. The van der Waals surface area contributed by atoms with Gasteiger partial charge in [0.05, 0.1) is 18.3 Å². The van der Waals surface area contributed by atoms with Crippen molar-refractivity contribution in [1.82, 2.24) is 30.2 Å². The highest BCUT2D eigenvalue weighted by Gasteiger charge is 2.30. The van der Waals surface area contributed by atoms with E-state index in [-0.39, 0.29) is 11.9 Å². The van der Waals surface area contributed by atoms with E-state index in [0.29, 0.717) is 11.7 Å². The van der Waals surface area contributed by atoms with Crippen molar-refractivity contribution in [2.24, 2.45) is 0 Å². The summed E-state index contributed by atoms with van der Waals surface area (Å²) in [6.45, 7) is 2.47. The Bertz CT molecular complexity index is 976. The second-order valence-electron chi connectivity index (χ2n) is 7.72. The molecule has 0 radical (unpaired) electrons. The Labute approximate surface area is 168 Å². The van der Waals surface area contributed by atoms with Crippen LogP contribution < -0.4 is 10.6 Å². The summed E-state index contributed by atoms with van der Waals surface area (Å²) in [5, 5.41) is 14.3. The summed E-state index contributed by atoms with van der Waals surface area (Å²) in [5.74, 6) is 0.687. The summed E-state index contributed by atoms with van der Waals surface area (Å²) in [4.78, 5) is 19.1. The zero-order valence-corrected chi connectivity index (χ0v) is 16.0. The first-order chi connectivity index (χ1) is 14.2. The number of amides is 1. The van der Waals surface area contributed by atoms with E-state index in [9.17, 15) is 4.79 Å². The first-order valence-corrected chi connectivity index (χ1v) is 9.95. The molecule has 1 amide bonds. The second-order valence-corrected chi connectivity index (χ2v) is 7.72. The molecule has 2 N–H and O–H groups in total. The average molecular weight is 389 g/mol. The minimum Gasteiger partial charge on any atom is -0.345 e. The molecule has 8 heteroatoms. The monoisotopic (exact) mass is 389 g/mol. The Hall–Kier alpha value is -3.26. The van der Waals surface area contributed by atoms with Crippen LogP contribution in [0.2, 0.25) is 0 Å². The van der Waals surface area contributed by atoms with E-state index in [1.165, 1.54) is 0 Å². The third-order valence-corrected chi connectivity index (χ3v) is 5.23. The summed E-state index contributed by atoms with van der Waals surface area (Å²) in [6.07, 6.45) is 5.90. The number of hydrogen-bond acceptors (Lipinski definition) is 6. The quantitative estimate of drug-likeness (QED) is 0.645. The predicted molar refractivity (Wildman–Crippen MR) is 109 cm³/mol. The van der Waals surface area contributed by atoms with E-state index in [2.05, 4.69) is 36.9 Å². The summed E-state index contributed by atoms with van der Waals surface area (Å²) in [7, 11) is 0. The third kappa shape index (κ3) is 4.27. The minimum atomic E-state index is -0.139. The van der Waals surface area contributed by atoms with Gasteiger partial charge in [0.2, 0.25) is 0 Å². The van der Waals surface area contributed by atoms with Crippen LogP contribution in [0.5, 0.6) is 0 Å². The highest BCUT2D eigenvalue weighted by atomic mass is 16.2. The lowest BCUT2D eigenvalue weighted by Gasteiger charge is -2.39. The molecule has 3 aromatic rings. The van der Waals surface area contributed by atoms with E-state index in [0.717, 1.165) is 49.5 Å². The topological polar surface area (TPSA) is 88.0 Å². The van der Waals surface area contributed by atoms with Gasteiger partial charge in [-0.25, -0.2) is 9.67 Å². The zero-order valence-electron chi connectivity index (χ0n) is 16.0. The number of rotatable bonds is 7. The van der Waals surface area contributed by atoms with Crippen LogP contribution in [-0.4, -0.2) is 49.9 Å². The lowest BCUT2D eigenvalue weighted by atomic mass is 10.1. The third-order valence-electron chi connectivity index (χ3n) is 5.23. The molecule has 2 aliphatic rings. The van der Waals surface area contributed by atoms with Gasteiger partial charge in [-0.15, -0.1) is 5.10 Å². The van der Waals surface area contributed by atoms with Gasteiger partial charge in [0, 0.05) is 31.5 Å². The van der Waals surface area contributed by atoms with Gasteiger partial charge in [0.1, 0.15) is 5.82 Å². The standard InChI is InChI=1S/C21H23N7O/c29-21(19-14-28(26-25-19)18-7-8-18)24-17-12-27(13-17)11-15-6-9-20(22-10-15)23-16-4-2-1-3-5-16/h1-6,9-10,14,17-18H,7-8,11-13H2,(H,22,23)(H,24,29). The van der Waals surface area contributed by atoms with E-state index in [4.69, 9.17) is 0 Å². The van der Waals surface area contributed by atoms with Gasteiger partial charge in [-0.2, -0.15) is 0 Å². The number of benzene rings is 1. The largest absolute Gasteiger partial charge is 0.345 e. The van der Waals surface area contributed by atoms with E-state index in [1.54, 1.807) is 10.9 Å². The van der Waals surface area contributed by atoms with Gasteiger partial charge in [0.15, 0.2) is 5.69 Å². The Morgan fingerprint density at radius 3 is 2.66 bits per heavy atom. The zero-order chi connectivity index (χ0) is 19.6. The van der Waals surface area contributed by atoms with Crippen LogP contribution in [-0.2, 0) is 6.54 Å². The number of para-hydroxylation sites is 1. The number of carbonyl (C=O) groups is 1. The molecule has 8 nitrogen and oxygen atoms in total. The number of hydrogen-bond donors (Lipinski definition) is 2. The lowest BCUT2D eigenvalue weighted by molar-refractivity contribution is 0.0790. The van der Waals surface area contributed by atoms with E-state index in [1.807, 2.05) is 42.6 Å². The summed E-state index contributed by atoms with van der Waals surface area (Å²) in [6, 6.07) is 14.7. The van der Waals surface area contributed by atoms with Crippen molar-refractivity contribution >= 4 is 17.4 Å². The fraction of sp³-hybridized carbons (Fsp3) is 0.333. The van der Waals surface area contributed by atoms with Gasteiger partial charge in [-0.05, 0) is 36.6 Å². The van der Waals surface area contributed by atoms with Gasteiger partial charge < -0.3 is 10.6 Å². The smallest absolute Gasteiger partial charge is 0.273 e. The number of nitrogens with one attached hydrogen (secondary N) is 2. The van der Waals surface area contributed by atoms with Crippen molar-refractivity contribution < 1.29 is 4.79 Å². The van der Waals surface area contributed by atoms with Crippen LogP contribution in [0.25, 0.3) is 0 Å². The molecule has 2 fully saturated rings. The summed E-state index contributed by atoms with van der Waals surface area (Å²) in [5.41, 5.74) is 2.58. The molecule has 0 bridgehead atoms. The predicted octanol–water partition coefficient (Wildman–Crippen LogP) is 2.37. The molecule has 1 aliphatic carbocycles. The van der Waals surface area contributed by atoms with E-state index >= 15 is 0 Å². The molecule has 0 unspecified atom stereocenters. The van der Waals surface area contributed by atoms with Gasteiger partial charge >= 0.3 is 0 Å². The van der Waals surface area contributed by atoms with Crippen LogP contribution in [0.1, 0.15) is 34.9 Å². The number of carbonyl (C=O) groups excluding carboxylic acids is 1. The fourth-order valence-corrected chi connectivity index (χ4v) is 3.47. The van der Waals surface area contributed by atoms with Crippen LogP contribution in [0.3, 0.4) is 0 Å². The van der Waals surface area contributed by atoms with Crippen LogP contribution in [0, 0.1) is 0 Å². The molecule has 0 atom stereocenters. The van der Waals surface area contributed by atoms with Gasteiger partial charge in [-0.1, -0.05) is 29.5 Å². The van der Waals surface area contributed by atoms with Crippen molar-refractivity contribution in [3.05, 3.63) is 66.1 Å². The van der Waals surface area contributed by atoms with Crippen molar-refractivity contribution in [3.8, 4) is 0 Å². The van der Waals surface area contributed by atoms with Crippen LogP contribution >= 0.6 is 0 Å². The van der Waals surface area contributed by atoms with E-state index < -0.39 is 0 Å². The molecule has 29 heavy (non-hydrogen) atoms.